The van der Waals surface area contributed by atoms with Gasteiger partial charge in [-0.15, -0.1) is 0 Å². The summed E-state index contributed by atoms with van der Waals surface area (Å²) in [6, 6.07) is 7.15. The standard InChI is InChI=1S/C18H26N2O4/c1-2-23-18(22)20-15-10-7-11-16(12-15)24-13-17(21)19-14-8-5-3-4-6-9-14/h7,10-12,14H,2-6,8-9,13H2,1H3,(H,19,21)(H,20,22). The molecule has 0 unspecified atom stereocenters. The van der Waals surface area contributed by atoms with Crippen molar-refractivity contribution in [2.75, 3.05) is 18.5 Å². The second-order valence-electron chi connectivity index (χ2n) is 5.92. The van der Waals surface area contributed by atoms with Crippen LogP contribution in [0.2, 0.25) is 0 Å². The van der Waals surface area contributed by atoms with Crippen LogP contribution in [0.5, 0.6) is 5.75 Å². The Labute approximate surface area is 142 Å². The number of rotatable bonds is 6. The van der Waals surface area contributed by atoms with Crippen molar-refractivity contribution < 1.29 is 19.1 Å². The molecule has 1 aromatic carbocycles. The lowest BCUT2D eigenvalue weighted by molar-refractivity contribution is -0.123. The van der Waals surface area contributed by atoms with Gasteiger partial charge >= 0.3 is 6.09 Å². The molecular weight excluding hydrogens is 308 g/mol. The molecule has 0 aliphatic heterocycles. The van der Waals surface area contributed by atoms with E-state index in [4.69, 9.17) is 9.47 Å². The van der Waals surface area contributed by atoms with Crippen LogP contribution in [0.25, 0.3) is 0 Å². The van der Waals surface area contributed by atoms with Gasteiger partial charge in [-0.2, -0.15) is 0 Å². The molecule has 2 N–H and O–H groups in total. The van der Waals surface area contributed by atoms with E-state index in [0.717, 1.165) is 12.8 Å². The number of amides is 2. The molecule has 0 aromatic heterocycles. The van der Waals surface area contributed by atoms with Crippen molar-refractivity contribution >= 4 is 17.7 Å². The highest BCUT2D eigenvalue weighted by molar-refractivity contribution is 5.84. The average Bonchev–Trinajstić information content (AvgIpc) is 2.82. The quantitative estimate of drug-likeness (QED) is 0.781. The highest BCUT2D eigenvalue weighted by Gasteiger charge is 2.15. The molecule has 0 atom stereocenters. The third-order valence-electron chi connectivity index (χ3n) is 3.95. The predicted octanol–water partition coefficient (Wildman–Crippen LogP) is 3.47. The molecule has 2 rings (SSSR count). The highest BCUT2D eigenvalue weighted by atomic mass is 16.5. The van der Waals surface area contributed by atoms with Crippen LogP contribution in [0.4, 0.5) is 10.5 Å². The number of carbonyl (C=O) groups is 2. The van der Waals surface area contributed by atoms with Crippen molar-refractivity contribution in [1.29, 1.82) is 0 Å². The van der Waals surface area contributed by atoms with Gasteiger partial charge in [0.1, 0.15) is 5.75 Å². The van der Waals surface area contributed by atoms with E-state index in [-0.39, 0.29) is 18.6 Å². The molecule has 0 saturated heterocycles. The maximum atomic E-state index is 12.0. The molecule has 1 aromatic rings. The molecule has 6 nitrogen and oxygen atoms in total. The fourth-order valence-electron chi connectivity index (χ4n) is 2.79. The Balaban J connectivity index is 1.78. The second kappa shape index (κ2) is 9.80. The van der Waals surface area contributed by atoms with E-state index in [1.54, 1.807) is 31.2 Å². The summed E-state index contributed by atoms with van der Waals surface area (Å²) in [5.74, 6) is 0.422. The minimum absolute atomic E-state index is 0.0284. The lowest BCUT2D eigenvalue weighted by Crippen LogP contribution is -2.37. The van der Waals surface area contributed by atoms with Crippen molar-refractivity contribution in [3.8, 4) is 5.75 Å². The highest BCUT2D eigenvalue weighted by Crippen LogP contribution is 2.18. The minimum Gasteiger partial charge on any atom is -0.484 e. The Morgan fingerprint density at radius 3 is 2.62 bits per heavy atom. The number of anilines is 1. The topological polar surface area (TPSA) is 76.7 Å². The molecule has 0 heterocycles. The second-order valence-corrected chi connectivity index (χ2v) is 5.92. The van der Waals surface area contributed by atoms with Crippen LogP contribution in [0, 0.1) is 0 Å². The molecule has 1 aliphatic rings. The zero-order valence-electron chi connectivity index (χ0n) is 14.2. The zero-order valence-corrected chi connectivity index (χ0v) is 14.2. The summed E-state index contributed by atoms with van der Waals surface area (Å²) in [7, 11) is 0. The van der Waals surface area contributed by atoms with Crippen molar-refractivity contribution in [2.45, 2.75) is 51.5 Å². The van der Waals surface area contributed by atoms with Gasteiger partial charge in [0, 0.05) is 17.8 Å². The number of nitrogens with one attached hydrogen (secondary N) is 2. The van der Waals surface area contributed by atoms with Crippen molar-refractivity contribution in [2.24, 2.45) is 0 Å². The fraction of sp³-hybridized carbons (Fsp3) is 0.556. The third-order valence-corrected chi connectivity index (χ3v) is 3.95. The largest absolute Gasteiger partial charge is 0.484 e. The minimum atomic E-state index is -0.513. The van der Waals surface area contributed by atoms with E-state index in [1.165, 1.54) is 25.7 Å². The number of hydrogen-bond donors (Lipinski definition) is 2. The lowest BCUT2D eigenvalue weighted by atomic mass is 10.1. The number of ether oxygens (including phenoxy) is 2. The van der Waals surface area contributed by atoms with Gasteiger partial charge in [-0.25, -0.2) is 4.79 Å². The Hall–Kier alpha value is -2.24. The summed E-state index contributed by atoms with van der Waals surface area (Å²) in [4.78, 5) is 23.4. The number of benzene rings is 1. The molecule has 1 aliphatic carbocycles. The summed E-state index contributed by atoms with van der Waals surface area (Å²) in [5, 5.41) is 5.64. The number of hydrogen-bond acceptors (Lipinski definition) is 4. The molecule has 132 valence electrons. The summed E-state index contributed by atoms with van der Waals surface area (Å²) < 4.78 is 10.3. The van der Waals surface area contributed by atoms with Gasteiger partial charge in [0.25, 0.3) is 5.91 Å². The molecule has 0 radical (unpaired) electrons. The van der Waals surface area contributed by atoms with E-state index >= 15 is 0 Å². The van der Waals surface area contributed by atoms with Gasteiger partial charge in [0.2, 0.25) is 0 Å². The van der Waals surface area contributed by atoms with E-state index in [2.05, 4.69) is 10.6 Å². The first-order chi connectivity index (χ1) is 11.7. The summed E-state index contributed by atoms with van der Waals surface area (Å²) in [6.45, 7) is 2.02. The molecule has 1 saturated carbocycles. The lowest BCUT2D eigenvalue weighted by Gasteiger charge is -2.16. The van der Waals surface area contributed by atoms with Crippen LogP contribution in [0.3, 0.4) is 0 Å². The fourth-order valence-corrected chi connectivity index (χ4v) is 2.79. The molecule has 0 bridgehead atoms. The van der Waals surface area contributed by atoms with Gasteiger partial charge in [0.15, 0.2) is 6.61 Å². The summed E-state index contributed by atoms with van der Waals surface area (Å²) in [6.07, 6.45) is 6.43. The average molecular weight is 334 g/mol. The van der Waals surface area contributed by atoms with Gasteiger partial charge in [-0.05, 0) is 31.9 Å². The monoisotopic (exact) mass is 334 g/mol. The third kappa shape index (κ3) is 6.48. The van der Waals surface area contributed by atoms with Gasteiger partial charge in [-0.1, -0.05) is 31.7 Å². The summed E-state index contributed by atoms with van der Waals surface area (Å²) in [5.41, 5.74) is 0.565. The van der Waals surface area contributed by atoms with Gasteiger partial charge < -0.3 is 14.8 Å². The van der Waals surface area contributed by atoms with Crippen molar-refractivity contribution in [3.63, 3.8) is 0 Å². The summed E-state index contributed by atoms with van der Waals surface area (Å²) >= 11 is 0. The van der Waals surface area contributed by atoms with E-state index < -0.39 is 6.09 Å². The Bertz CT molecular complexity index is 540. The van der Waals surface area contributed by atoms with Crippen LogP contribution in [-0.4, -0.2) is 31.3 Å². The first kappa shape index (κ1) is 18.1. The van der Waals surface area contributed by atoms with Crippen LogP contribution in [0.1, 0.15) is 45.4 Å². The normalized spacial score (nSPS) is 15.2. The van der Waals surface area contributed by atoms with E-state index in [0.29, 0.717) is 18.0 Å². The van der Waals surface area contributed by atoms with Crippen LogP contribution < -0.4 is 15.4 Å². The van der Waals surface area contributed by atoms with Crippen LogP contribution in [-0.2, 0) is 9.53 Å². The molecule has 6 heteroatoms. The SMILES string of the molecule is CCOC(=O)Nc1cccc(OCC(=O)NC2CCCCCC2)c1. The maximum Gasteiger partial charge on any atom is 0.411 e. The van der Waals surface area contributed by atoms with Crippen LogP contribution in [0.15, 0.2) is 24.3 Å². The van der Waals surface area contributed by atoms with Crippen molar-refractivity contribution in [3.05, 3.63) is 24.3 Å². The van der Waals surface area contributed by atoms with Gasteiger partial charge in [-0.3, -0.25) is 10.1 Å². The molecule has 0 spiro atoms. The molecule has 24 heavy (non-hydrogen) atoms. The first-order valence-corrected chi connectivity index (χ1v) is 8.63. The Morgan fingerprint density at radius 2 is 1.92 bits per heavy atom. The predicted molar refractivity (Wildman–Crippen MR) is 92.2 cm³/mol. The van der Waals surface area contributed by atoms with E-state index in [1.807, 2.05) is 0 Å². The van der Waals surface area contributed by atoms with Gasteiger partial charge in [0.05, 0.1) is 6.61 Å². The van der Waals surface area contributed by atoms with Crippen LogP contribution >= 0.6 is 0 Å². The Kier molecular flexibility index (Phi) is 7.39. The maximum absolute atomic E-state index is 12.0. The Morgan fingerprint density at radius 1 is 1.17 bits per heavy atom. The molecular formula is C18H26N2O4. The molecule has 1 fully saturated rings. The van der Waals surface area contributed by atoms with Crippen molar-refractivity contribution in [1.82, 2.24) is 5.32 Å². The smallest absolute Gasteiger partial charge is 0.411 e. The molecule has 2 amide bonds. The van der Waals surface area contributed by atoms with E-state index in [9.17, 15) is 9.59 Å². The number of carbonyl (C=O) groups excluding carboxylic acids is 2. The first-order valence-electron chi connectivity index (χ1n) is 8.63. The zero-order chi connectivity index (χ0) is 17.2.